The summed E-state index contributed by atoms with van der Waals surface area (Å²) in [5.74, 6) is 0.668. The summed E-state index contributed by atoms with van der Waals surface area (Å²) in [6.07, 6.45) is 2.76. The molecule has 1 aromatic rings. The summed E-state index contributed by atoms with van der Waals surface area (Å²) in [5, 5.41) is 3.27. The number of hydrogen-bond donors (Lipinski definition) is 1. The van der Waals surface area contributed by atoms with Gasteiger partial charge in [-0.3, -0.25) is 4.79 Å². The molecule has 104 valence electrons. The molecule has 1 N–H and O–H groups in total. The third-order valence-corrected chi connectivity index (χ3v) is 4.13. The molecule has 0 amide bonds. The summed E-state index contributed by atoms with van der Waals surface area (Å²) >= 11 is 0. The van der Waals surface area contributed by atoms with E-state index in [-0.39, 0.29) is 12.0 Å². The predicted octanol–water partition coefficient (Wildman–Crippen LogP) is 2.30. The molecule has 1 aromatic carbocycles. The molecule has 1 fully saturated rings. The van der Waals surface area contributed by atoms with Crippen LogP contribution >= 0.6 is 0 Å². The molecular weight excluding hydrogens is 242 g/mol. The third kappa shape index (κ3) is 2.21. The van der Waals surface area contributed by atoms with E-state index in [0.717, 1.165) is 30.6 Å². The van der Waals surface area contributed by atoms with Gasteiger partial charge in [-0.1, -0.05) is 24.6 Å². The Labute approximate surface area is 114 Å². The molecule has 0 radical (unpaired) electrons. The summed E-state index contributed by atoms with van der Waals surface area (Å²) in [6, 6.07) is 7.74. The largest absolute Gasteiger partial charge is 0.496 e. The first-order valence-corrected chi connectivity index (χ1v) is 6.58. The van der Waals surface area contributed by atoms with Gasteiger partial charge in [-0.25, -0.2) is 0 Å². The van der Waals surface area contributed by atoms with E-state index in [1.807, 2.05) is 31.3 Å². The number of esters is 1. The molecule has 0 aliphatic heterocycles. The minimum Gasteiger partial charge on any atom is -0.496 e. The average molecular weight is 263 g/mol. The zero-order valence-corrected chi connectivity index (χ0v) is 11.7. The average Bonchev–Trinajstić information content (AvgIpc) is 2.41. The van der Waals surface area contributed by atoms with Crippen molar-refractivity contribution < 1.29 is 14.3 Å². The SMILES string of the molecule is CNC(c1ccccc1OC)C1(C(=O)OC)CCC1. The second-order valence-corrected chi connectivity index (χ2v) is 4.96. The van der Waals surface area contributed by atoms with Crippen molar-refractivity contribution in [2.45, 2.75) is 25.3 Å². The standard InChI is InChI=1S/C15H21NO3/c1-16-13(11-7-4-5-8-12(11)18-2)15(9-6-10-15)14(17)19-3/h4-5,7-8,13,16H,6,9-10H2,1-3H3. The zero-order valence-electron chi connectivity index (χ0n) is 11.7. The summed E-state index contributed by atoms with van der Waals surface area (Å²) in [4.78, 5) is 12.2. The number of carbonyl (C=O) groups is 1. The van der Waals surface area contributed by atoms with Gasteiger partial charge in [0.1, 0.15) is 5.75 Å². The molecule has 1 atom stereocenters. The lowest BCUT2D eigenvalue weighted by atomic mass is 9.62. The highest BCUT2D eigenvalue weighted by molar-refractivity contribution is 5.79. The van der Waals surface area contributed by atoms with Crippen LogP contribution in [-0.4, -0.2) is 27.2 Å². The molecule has 0 heterocycles. The fourth-order valence-corrected chi connectivity index (χ4v) is 3.01. The topological polar surface area (TPSA) is 47.6 Å². The van der Waals surface area contributed by atoms with E-state index in [4.69, 9.17) is 9.47 Å². The van der Waals surface area contributed by atoms with Crippen LogP contribution in [0.15, 0.2) is 24.3 Å². The number of hydrogen-bond acceptors (Lipinski definition) is 4. The van der Waals surface area contributed by atoms with Crippen molar-refractivity contribution in [1.82, 2.24) is 5.32 Å². The van der Waals surface area contributed by atoms with Gasteiger partial charge < -0.3 is 14.8 Å². The van der Waals surface area contributed by atoms with E-state index < -0.39 is 5.41 Å². The minimum atomic E-state index is -0.460. The van der Waals surface area contributed by atoms with Gasteiger partial charge in [-0.05, 0) is 26.0 Å². The number of para-hydroxylation sites is 1. The van der Waals surface area contributed by atoms with E-state index in [2.05, 4.69) is 5.32 Å². The maximum Gasteiger partial charge on any atom is 0.313 e. The second-order valence-electron chi connectivity index (χ2n) is 4.96. The van der Waals surface area contributed by atoms with Crippen LogP contribution in [0.5, 0.6) is 5.75 Å². The van der Waals surface area contributed by atoms with Crippen molar-refractivity contribution in [3.05, 3.63) is 29.8 Å². The first-order chi connectivity index (χ1) is 9.19. The molecule has 19 heavy (non-hydrogen) atoms. The summed E-state index contributed by atoms with van der Waals surface area (Å²) < 4.78 is 10.4. The minimum absolute atomic E-state index is 0.0788. The van der Waals surface area contributed by atoms with Crippen LogP contribution in [-0.2, 0) is 9.53 Å². The first-order valence-electron chi connectivity index (χ1n) is 6.58. The maximum absolute atomic E-state index is 12.2. The third-order valence-electron chi connectivity index (χ3n) is 4.13. The second kappa shape index (κ2) is 5.61. The Bertz CT molecular complexity index is 454. The van der Waals surface area contributed by atoms with Gasteiger partial charge in [0, 0.05) is 5.56 Å². The summed E-state index contributed by atoms with van der Waals surface area (Å²) in [6.45, 7) is 0. The van der Waals surface area contributed by atoms with Crippen LogP contribution in [0, 0.1) is 5.41 Å². The van der Waals surface area contributed by atoms with E-state index in [1.165, 1.54) is 7.11 Å². The molecule has 4 nitrogen and oxygen atoms in total. The monoisotopic (exact) mass is 263 g/mol. The van der Waals surface area contributed by atoms with Crippen LogP contribution < -0.4 is 10.1 Å². The highest BCUT2D eigenvalue weighted by Crippen LogP contribution is 2.52. The van der Waals surface area contributed by atoms with Gasteiger partial charge in [0.15, 0.2) is 0 Å². The Morgan fingerprint density at radius 2 is 2.00 bits per heavy atom. The molecule has 0 spiro atoms. The van der Waals surface area contributed by atoms with Crippen molar-refractivity contribution in [3.63, 3.8) is 0 Å². The van der Waals surface area contributed by atoms with Gasteiger partial charge in [-0.2, -0.15) is 0 Å². The fourth-order valence-electron chi connectivity index (χ4n) is 3.01. The van der Waals surface area contributed by atoms with E-state index in [1.54, 1.807) is 7.11 Å². The lowest BCUT2D eigenvalue weighted by molar-refractivity contribution is -0.161. The normalized spacial score (nSPS) is 18.3. The smallest absolute Gasteiger partial charge is 0.313 e. The number of ether oxygens (including phenoxy) is 2. The number of benzene rings is 1. The van der Waals surface area contributed by atoms with Gasteiger partial charge in [0.25, 0.3) is 0 Å². The van der Waals surface area contributed by atoms with Crippen LogP contribution in [0.25, 0.3) is 0 Å². The van der Waals surface area contributed by atoms with E-state index in [0.29, 0.717) is 0 Å². The zero-order chi connectivity index (χ0) is 13.9. The molecule has 2 rings (SSSR count). The molecule has 1 unspecified atom stereocenters. The molecule has 1 aliphatic rings. The summed E-state index contributed by atoms with van der Waals surface area (Å²) in [7, 11) is 4.98. The number of methoxy groups -OCH3 is 2. The highest BCUT2D eigenvalue weighted by Gasteiger charge is 2.52. The maximum atomic E-state index is 12.2. The van der Waals surface area contributed by atoms with Crippen LogP contribution in [0.2, 0.25) is 0 Å². The van der Waals surface area contributed by atoms with Crippen molar-refractivity contribution in [2.24, 2.45) is 5.41 Å². The quantitative estimate of drug-likeness (QED) is 0.828. The summed E-state index contributed by atoms with van der Waals surface area (Å²) in [5.41, 5.74) is 0.551. The molecule has 4 heteroatoms. The van der Waals surface area contributed by atoms with Gasteiger partial charge in [-0.15, -0.1) is 0 Å². The number of nitrogens with one attached hydrogen (secondary N) is 1. The molecular formula is C15H21NO3. The van der Waals surface area contributed by atoms with Crippen molar-refractivity contribution in [2.75, 3.05) is 21.3 Å². The lowest BCUT2D eigenvalue weighted by Gasteiger charge is -2.45. The Kier molecular flexibility index (Phi) is 4.10. The van der Waals surface area contributed by atoms with Crippen molar-refractivity contribution in [1.29, 1.82) is 0 Å². The Morgan fingerprint density at radius 1 is 1.32 bits per heavy atom. The number of carbonyl (C=O) groups excluding carboxylic acids is 1. The van der Waals surface area contributed by atoms with E-state index in [9.17, 15) is 4.79 Å². The molecule has 0 aromatic heterocycles. The highest BCUT2D eigenvalue weighted by atomic mass is 16.5. The Morgan fingerprint density at radius 3 is 2.47 bits per heavy atom. The molecule has 0 saturated heterocycles. The van der Waals surface area contributed by atoms with Gasteiger partial charge >= 0.3 is 5.97 Å². The molecule has 1 saturated carbocycles. The van der Waals surface area contributed by atoms with Crippen molar-refractivity contribution >= 4 is 5.97 Å². The first kappa shape index (κ1) is 13.9. The van der Waals surface area contributed by atoms with Gasteiger partial charge in [0.05, 0.1) is 25.7 Å². The van der Waals surface area contributed by atoms with Crippen LogP contribution in [0.1, 0.15) is 30.9 Å². The fraction of sp³-hybridized carbons (Fsp3) is 0.533. The van der Waals surface area contributed by atoms with Crippen LogP contribution in [0.3, 0.4) is 0 Å². The molecule has 1 aliphatic carbocycles. The van der Waals surface area contributed by atoms with Crippen LogP contribution in [0.4, 0.5) is 0 Å². The Balaban J connectivity index is 2.41. The lowest BCUT2D eigenvalue weighted by Crippen LogP contribution is -2.48. The van der Waals surface area contributed by atoms with Crippen molar-refractivity contribution in [3.8, 4) is 5.75 Å². The Hall–Kier alpha value is -1.55. The van der Waals surface area contributed by atoms with E-state index >= 15 is 0 Å². The molecule has 0 bridgehead atoms. The predicted molar refractivity (Wildman–Crippen MR) is 73.1 cm³/mol. The number of rotatable bonds is 5. The van der Waals surface area contributed by atoms with Gasteiger partial charge in [0.2, 0.25) is 0 Å².